The number of pyridine rings is 1. The van der Waals surface area contributed by atoms with Crippen molar-refractivity contribution in [1.82, 2.24) is 4.98 Å². The number of alkyl halides is 1. The molecule has 2 aromatic rings. The van der Waals surface area contributed by atoms with Crippen molar-refractivity contribution in [2.24, 2.45) is 0 Å². The van der Waals surface area contributed by atoms with E-state index in [1.165, 1.54) is 4.90 Å². The quantitative estimate of drug-likeness (QED) is 0.798. The van der Waals surface area contributed by atoms with E-state index in [0.717, 1.165) is 11.1 Å². The van der Waals surface area contributed by atoms with Gasteiger partial charge >= 0.3 is 0 Å². The summed E-state index contributed by atoms with van der Waals surface area (Å²) in [4.78, 5) is 17.6. The van der Waals surface area contributed by atoms with Gasteiger partial charge in [-0.1, -0.05) is 30.3 Å². The zero-order valence-corrected chi connectivity index (χ0v) is 12.6. The maximum Gasteiger partial charge on any atom is 0.265 e. The Balaban J connectivity index is 2.11. The van der Waals surface area contributed by atoms with Crippen LogP contribution in [0.1, 0.15) is 0 Å². The van der Waals surface area contributed by atoms with Crippen LogP contribution in [-0.2, 0) is 4.79 Å². The lowest BCUT2D eigenvalue weighted by molar-refractivity contribution is -0.121. The van der Waals surface area contributed by atoms with Crippen LogP contribution in [0.4, 0.5) is 10.1 Å². The van der Waals surface area contributed by atoms with Crippen molar-refractivity contribution < 1.29 is 13.9 Å². The van der Waals surface area contributed by atoms with Crippen LogP contribution in [0, 0.1) is 0 Å². The molecule has 3 rings (SSSR count). The molecule has 4 nitrogen and oxygen atoms in total. The van der Waals surface area contributed by atoms with Crippen molar-refractivity contribution in [2.75, 3.05) is 24.7 Å². The number of carbonyl (C=O) groups excluding carboxylic acids is 1. The van der Waals surface area contributed by atoms with E-state index in [9.17, 15) is 9.18 Å². The van der Waals surface area contributed by atoms with Gasteiger partial charge < -0.3 is 9.64 Å². The number of halogens is 2. The first-order chi connectivity index (χ1) is 10.2. The van der Waals surface area contributed by atoms with Crippen LogP contribution in [0.3, 0.4) is 0 Å². The average Bonchev–Trinajstić information content (AvgIpc) is 2.51. The lowest BCUT2D eigenvalue weighted by Crippen LogP contribution is -2.40. The molecule has 0 saturated carbocycles. The van der Waals surface area contributed by atoms with Crippen LogP contribution in [0.2, 0.25) is 0 Å². The van der Waals surface area contributed by atoms with E-state index in [4.69, 9.17) is 4.74 Å². The number of ether oxygens (including phenoxy) is 1. The van der Waals surface area contributed by atoms with Crippen LogP contribution in [0.5, 0.6) is 5.88 Å². The normalized spacial score (nSPS) is 13.8. The third kappa shape index (κ3) is 2.63. The van der Waals surface area contributed by atoms with Gasteiger partial charge in [-0.15, -0.1) is 0 Å². The summed E-state index contributed by atoms with van der Waals surface area (Å²) in [7, 11) is 0. The van der Waals surface area contributed by atoms with Gasteiger partial charge in [-0.3, -0.25) is 4.79 Å². The fourth-order valence-electron chi connectivity index (χ4n) is 2.26. The van der Waals surface area contributed by atoms with E-state index in [2.05, 4.69) is 20.9 Å². The highest BCUT2D eigenvalue weighted by molar-refractivity contribution is 9.10. The molecule has 108 valence electrons. The lowest BCUT2D eigenvalue weighted by Gasteiger charge is -2.28. The van der Waals surface area contributed by atoms with Crippen LogP contribution < -0.4 is 9.64 Å². The minimum atomic E-state index is -0.609. The molecule has 0 radical (unpaired) electrons. The molecule has 0 spiro atoms. The maximum absolute atomic E-state index is 12.7. The Morgan fingerprint density at radius 2 is 2.10 bits per heavy atom. The molecule has 0 N–H and O–H groups in total. The van der Waals surface area contributed by atoms with Crippen LogP contribution in [0.15, 0.2) is 41.0 Å². The van der Waals surface area contributed by atoms with Gasteiger partial charge in [0.1, 0.15) is 17.0 Å². The Kier molecular flexibility index (Phi) is 3.88. The second-order valence-electron chi connectivity index (χ2n) is 4.54. The first-order valence-corrected chi connectivity index (χ1v) is 7.25. The summed E-state index contributed by atoms with van der Waals surface area (Å²) < 4.78 is 18.6. The van der Waals surface area contributed by atoms with E-state index in [1.807, 2.05) is 30.3 Å². The molecule has 6 heteroatoms. The van der Waals surface area contributed by atoms with E-state index in [1.54, 1.807) is 6.07 Å². The van der Waals surface area contributed by atoms with Crippen molar-refractivity contribution in [1.29, 1.82) is 0 Å². The van der Waals surface area contributed by atoms with Gasteiger partial charge in [0.05, 0.1) is 6.54 Å². The van der Waals surface area contributed by atoms with E-state index < -0.39 is 6.67 Å². The van der Waals surface area contributed by atoms with Crippen molar-refractivity contribution in [3.63, 3.8) is 0 Å². The van der Waals surface area contributed by atoms with Gasteiger partial charge in [-0.25, -0.2) is 9.37 Å². The summed E-state index contributed by atoms with van der Waals surface area (Å²) >= 11 is 3.42. The molecule has 1 aromatic carbocycles. The van der Waals surface area contributed by atoms with E-state index in [-0.39, 0.29) is 19.1 Å². The standard InChI is InChI=1S/C15H12BrFN2O2/c16-14-11(10-4-2-1-3-5-10)8-12-15(18-14)21-9-13(20)19(12)7-6-17/h1-5,8H,6-7,9H2. The zero-order chi connectivity index (χ0) is 14.8. The van der Waals surface area contributed by atoms with Crippen molar-refractivity contribution in [3.05, 3.63) is 41.0 Å². The summed E-state index contributed by atoms with van der Waals surface area (Å²) in [6, 6.07) is 11.4. The molecule has 0 atom stereocenters. The minimum absolute atomic E-state index is 0.00668. The number of carbonyl (C=O) groups is 1. The second-order valence-corrected chi connectivity index (χ2v) is 5.29. The Labute approximate surface area is 129 Å². The highest BCUT2D eigenvalue weighted by atomic mass is 79.9. The molecule has 0 aliphatic carbocycles. The van der Waals surface area contributed by atoms with Crippen LogP contribution >= 0.6 is 15.9 Å². The van der Waals surface area contributed by atoms with Gasteiger partial charge in [0.15, 0.2) is 6.61 Å². The predicted molar refractivity (Wildman–Crippen MR) is 81.2 cm³/mol. The molecule has 2 heterocycles. The molecule has 1 aliphatic heterocycles. The summed E-state index contributed by atoms with van der Waals surface area (Å²) in [5, 5.41) is 0. The Morgan fingerprint density at radius 1 is 1.33 bits per heavy atom. The van der Waals surface area contributed by atoms with Crippen molar-refractivity contribution in [3.8, 4) is 17.0 Å². The molecule has 1 aromatic heterocycles. The molecule has 1 amide bonds. The molecular formula is C15H12BrFN2O2. The van der Waals surface area contributed by atoms with Crippen LogP contribution in [0.25, 0.3) is 11.1 Å². The Hall–Kier alpha value is -1.95. The van der Waals surface area contributed by atoms with Crippen molar-refractivity contribution >= 4 is 27.5 Å². The first-order valence-electron chi connectivity index (χ1n) is 6.46. The summed E-state index contributed by atoms with van der Waals surface area (Å²) in [5.74, 6) is 0.0814. The third-order valence-corrected chi connectivity index (χ3v) is 3.84. The minimum Gasteiger partial charge on any atom is -0.466 e. The number of rotatable bonds is 3. The number of hydrogen-bond donors (Lipinski definition) is 0. The number of amides is 1. The molecule has 1 aliphatic rings. The average molecular weight is 351 g/mol. The van der Waals surface area contributed by atoms with Gasteiger partial charge in [0.2, 0.25) is 5.88 Å². The number of benzene rings is 1. The second kappa shape index (κ2) is 5.81. The maximum atomic E-state index is 12.7. The fourth-order valence-corrected chi connectivity index (χ4v) is 2.76. The number of nitrogens with zero attached hydrogens (tertiary/aromatic N) is 2. The van der Waals surface area contributed by atoms with Crippen molar-refractivity contribution in [2.45, 2.75) is 0 Å². The van der Waals surface area contributed by atoms with Gasteiger partial charge in [-0.2, -0.15) is 0 Å². The summed E-state index contributed by atoms with van der Waals surface area (Å²) in [5.41, 5.74) is 2.29. The van der Waals surface area contributed by atoms with Crippen LogP contribution in [-0.4, -0.2) is 30.7 Å². The third-order valence-electron chi connectivity index (χ3n) is 3.24. The number of aromatic nitrogens is 1. The summed E-state index contributed by atoms with van der Waals surface area (Å²) in [6.07, 6.45) is 0. The number of anilines is 1. The Bertz CT molecular complexity index is 679. The molecule has 0 bridgehead atoms. The largest absolute Gasteiger partial charge is 0.466 e. The molecular weight excluding hydrogens is 339 g/mol. The topological polar surface area (TPSA) is 42.4 Å². The SMILES string of the molecule is O=C1COc2nc(Br)c(-c3ccccc3)cc2N1CCF. The van der Waals surface area contributed by atoms with Gasteiger partial charge in [-0.05, 0) is 27.6 Å². The monoisotopic (exact) mass is 350 g/mol. The molecule has 0 unspecified atom stereocenters. The highest BCUT2D eigenvalue weighted by Gasteiger charge is 2.27. The molecule has 0 saturated heterocycles. The zero-order valence-electron chi connectivity index (χ0n) is 11.1. The van der Waals surface area contributed by atoms with Gasteiger partial charge in [0.25, 0.3) is 5.91 Å². The van der Waals surface area contributed by atoms with E-state index >= 15 is 0 Å². The van der Waals surface area contributed by atoms with Gasteiger partial charge in [0, 0.05) is 5.56 Å². The summed E-state index contributed by atoms with van der Waals surface area (Å²) in [6.45, 7) is -0.716. The Morgan fingerprint density at radius 3 is 2.81 bits per heavy atom. The lowest BCUT2D eigenvalue weighted by atomic mass is 10.1. The fraction of sp³-hybridized carbons (Fsp3) is 0.200. The van der Waals surface area contributed by atoms with E-state index in [0.29, 0.717) is 16.2 Å². The molecule has 21 heavy (non-hydrogen) atoms. The molecule has 0 fully saturated rings. The first kappa shape index (κ1) is 14.0. The number of fused-ring (bicyclic) bond motifs is 1. The predicted octanol–water partition coefficient (Wildman–Crippen LogP) is 3.21. The smallest absolute Gasteiger partial charge is 0.265 e. The highest BCUT2D eigenvalue weighted by Crippen LogP contribution is 2.38. The number of hydrogen-bond acceptors (Lipinski definition) is 3.